The molecular weight excluding hydrogens is 454 g/mol. The van der Waals surface area contributed by atoms with E-state index in [4.69, 9.17) is 21.4 Å². The van der Waals surface area contributed by atoms with Crippen molar-refractivity contribution in [2.75, 3.05) is 19.7 Å². The molecule has 3 aromatic heterocycles. The van der Waals surface area contributed by atoms with Crippen LogP contribution >= 0.6 is 22.9 Å². The zero-order valence-corrected chi connectivity index (χ0v) is 19.6. The lowest BCUT2D eigenvalue weighted by Gasteiger charge is -2.45. The fourth-order valence-corrected chi connectivity index (χ4v) is 6.18. The van der Waals surface area contributed by atoms with Gasteiger partial charge in [-0.2, -0.15) is 13.9 Å². The molecule has 5 heterocycles. The lowest BCUT2D eigenvalue weighted by Crippen LogP contribution is -2.48. The second-order valence-electron chi connectivity index (χ2n) is 8.58. The Balaban J connectivity index is 1.32. The summed E-state index contributed by atoms with van der Waals surface area (Å²) >= 11 is 7.34. The first-order valence-corrected chi connectivity index (χ1v) is 12.0. The molecule has 3 aromatic rings. The molecule has 32 heavy (non-hydrogen) atoms. The second kappa shape index (κ2) is 8.17. The average Bonchev–Trinajstić information content (AvgIpc) is 3.37. The number of ether oxygens (including phenoxy) is 1. The number of fused-ring (bicyclic) bond motifs is 2. The van der Waals surface area contributed by atoms with Crippen molar-refractivity contribution >= 4 is 22.9 Å². The number of pyridine rings is 1. The molecule has 170 valence electrons. The molecule has 0 amide bonds. The molecule has 0 radical (unpaired) electrons. The molecule has 9 heteroatoms. The first-order chi connectivity index (χ1) is 15.3. The summed E-state index contributed by atoms with van der Waals surface area (Å²) < 4.78 is 36.8. The molecular formula is C23H25ClF2N4OS. The molecule has 0 unspecified atom stereocenters. The van der Waals surface area contributed by atoms with E-state index in [-0.39, 0.29) is 5.56 Å². The van der Waals surface area contributed by atoms with Crippen molar-refractivity contribution < 1.29 is 13.5 Å². The fourth-order valence-electron chi connectivity index (χ4n) is 4.70. The van der Waals surface area contributed by atoms with Gasteiger partial charge < -0.3 is 4.74 Å². The van der Waals surface area contributed by atoms with Crippen molar-refractivity contribution in [2.24, 2.45) is 0 Å². The van der Waals surface area contributed by atoms with E-state index < -0.39 is 18.1 Å². The van der Waals surface area contributed by atoms with Gasteiger partial charge in [-0.1, -0.05) is 24.6 Å². The molecule has 0 saturated carbocycles. The summed E-state index contributed by atoms with van der Waals surface area (Å²) in [7, 11) is 0. The van der Waals surface area contributed by atoms with Crippen LogP contribution in [-0.2, 0) is 29.2 Å². The van der Waals surface area contributed by atoms with Gasteiger partial charge in [0.05, 0.1) is 10.0 Å². The maximum atomic E-state index is 14.4. The predicted octanol–water partition coefficient (Wildman–Crippen LogP) is 5.47. The standard InChI is InChI=1S/C23H25ClF2N4OS/c1-3-16-5-4-8-27-21(16)30-13-17(15(2)28-30)12-29-9-6-22(7-10-29)20-18(11-19(24)32-20)23(25,26)14-31-22/h4-5,8,11,13H,3,6-7,9-10,12,14H2,1-2H3. The van der Waals surface area contributed by atoms with Crippen LogP contribution in [0.4, 0.5) is 8.78 Å². The Morgan fingerprint density at radius 3 is 2.78 bits per heavy atom. The Bertz CT molecular complexity index is 1140. The van der Waals surface area contributed by atoms with Gasteiger partial charge in [0.15, 0.2) is 5.82 Å². The summed E-state index contributed by atoms with van der Waals surface area (Å²) in [6.45, 7) is 5.81. The summed E-state index contributed by atoms with van der Waals surface area (Å²) in [5.74, 6) is -2.11. The summed E-state index contributed by atoms with van der Waals surface area (Å²) in [5.41, 5.74) is 2.65. The number of aryl methyl sites for hydroxylation is 2. The number of likely N-dealkylation sites (tertiary alicyclic amines) is 1. The zero-order valence-electron chi connectivity index (χ0n) is 18.1. The number of rotatable bonds is 4. The molecule has 5 rings (SSSR count). The Labute approximate surface area is 195 Å². The highest BCUT2D eigenvalue weighted by Gasteiger charge is 2.51. The Morgan fingerprint density at radius 2 is 2.03 bits per heavy atom. The number of thiophene rings is 1. The minimum absolute atomic E-state index is 0.0476. The van der Waals surface area contributed by atoms with E-state index in [1.165, 1.54) is 17.4 Å². The average molecular weight is 479 g/mol. The Morgan fingerprint density at radius 1 is 1.25 bits per heavy atom. The SMILES string of the molecule is CCc1cccnc1-n1cc(CN2CCC3(CC2)OCC(F)(F)c2cc(Cl)sc23)c(C)n1. The quantitative estimate of drug-likeness (QED) is 0.499. The third-order valence-electron chi connectivity index (χ3n) is 6.56. The van der Waals surface area contributed by atoms with Crippen LogP contribution in [0.1, 0.15) is 47.0 Å². The van der Waals surface area contributed by atoms with Gasteiger partial charge in [0.2, 0.25) is 0 Å². The van der Waals surface area contributed by atoms with E-state index >= 15 is 0 Å². The lowest BCUT2D eigenvalue weighted by atomic mass is 9.84. The van der Waals surface area contributed by atoms with Crippen LogP contribution in [-0.4, -0.2) is 39.4 Å². The van der Waals surface area contributed by atoms with Crippen molar-refractivity contribution in [3.63, 3.8) is 0 Å². The summed E-state index contributed by atoms with van der Waals surface area (Å²) in [6, 6.07) is 5.43. The molecule has 0 bridgehead atoms. The highest BCUT2D eigenvalue weighted by atomic mass is 35.5. The maximum Gasteiger partial charge on any atom is 0.297 e. The highest BCUT2D eigenvalue weighted by molar-refractivity contribution is 7.16. The molecule has 2 aliphatic heterocycles. The van der Waals surface area contributed by atoms with E-state index in [0.29, 0.717) is 22.1 Å². The van der Waals surface area contributed by atoms with E-state index in [0.717, 1.165) is 48.7 Å². The minimum Gasteiger partial charge on any atom is -0.363 e. The van der Waals surface area contributed by atoms with Gasteiger partial charge in [-0.15, -0.1) is 11.3 Å². The summed E-state index contributed by atoms with van der Waals surface area (Å²) in [6.07, 6.45) is 6.06. The summed E-state index contributed by atoms with van der Waals surface area (Å²) in [5, 5.41) is 4.69. The zero-order chi connectivity index (χ0) is 22.5. The van der Waals surface area contributed by atoms with Crippen LogP contribution in [0.3, 0.4) is 0 Å². The second-order valence-corrected chi connectivity index (χ2v) is 10.3. The maximum absolute atomic E-state index is 14.4. The molecule has 2 aliphatic rings. The minimum atomic E-state index is -2.98. The van der Waals surface area contributed by atoms with Crippen molar-refractivity contribution in [2.45, 2.75) is 51.2 Å². The third-order valence-corrected chi connectivity index (χ3v) is 8.01. The smallest absolute Gasteiger partial charge is 0.297 e. The number of halogens is 3. The van der Waals surface area contributed by atoms with Crippen molar-refractivity contribution in [3.8, 4) is 5.82 Å². The third kappa shape index (κ3) is 3.77. The largest absolute Gasteiger partial charge is 0.363 e. The summed E-state index contributed by atoms with van der Waals surface area (Å²) in [4.78, 5) is 7.45. The van der Waals surface area contributed by atoms with Crippen molar-refractivity contribution in [3.05, 3.63) is 62.2 Å². The van der Waals surface area contributed by atoms with Crippen molar-refractivity contribution in [1.29, 1.82) is 0 Å². The van der Waals surface area contributed by atoms with Gasteiger partial charge in [0.1, 0.15) is 12.2 Å². The van der Waals surface area contributed by atoms with Crippen LogP contribution in [0, 0.1) is 6.92 Å². The highest BCUT2D eigenvalue weighted by Crippen LogP contribution is 2.52. The topological polar surface area (TPSA) is 43.2 Å². The van der Waals surface area contributed by atoms with Gasteiger partial charge in [-0.3, -0.25) is 4.90 Å². The fraction of sp³-hybridized carbons (Fsp3) is 0.478. The number of aromatic nitrogens is 3. The molecule has 1 spiro atoms. The van der Waals surface area contributed by atoms with E-state index in [9.17, 15) is 8.78 Å². The molecule has 0 aromatic carbocycles. The van der Waals surface area contributed by atoms with Crippen LogP contribution in [0.15, 0.2) is 30.6 Å². The molecule has 0 N–H and O–H groups in total. The van der Waals surface area contributed by atoms with Gasteiger partial charge in [-0.25, -0.2) is 9.67 Å². The molecule has 5 nitrogen and oxygen atoms in total. The van der Waals surface area contributed by atoms with Gasteiger partial charge in [0.25, 0.3) is 5.92 Å². The first kappa shape index (κ1) is 21.9. The van der Waals surface area contributed by atoms with Gasteiger partial charge >= 0.3 is 0 Å². The van der Waals surface area contributed by atoms with E-state index in [1.807, 2.05) is 17.7 Å². The number of piperidine rings is 1. The lowest BCUT2D eigenvalue weighted by molar-refractivity contribution is -0.182. The van der Waals surface area contributed by atoms with E-state index in [2.05, 4.69) is 29.1 Å². The van der Waals surface area contributed by atoms with Gasteiger partial charge in [0, 0.05) is 48.0 Å². The number of hydrogen-bond acceptors (Lipinski definition) is 5. The van der Waals surface area contributed by atoms with E-state index in [1.54, 1.807) is 6.20 Å². The molecule has 1 fully saturated rings. The van der Waals surface area contributed by atoms with Crippen molar-refractivity contribution in [1.82, 2.24) is 19.7 Å². The van der Waals surface area contributed by atoms with Crippen LogP contribution in [0.25, 0.3) is 5.82 Å². The number of alkyl halides is 2. The first-order valence-electron chi connectivity index (χ1n) is 10.9. The number of nitrogens with zero attached hydrogens (tertiary/aromatic N) is 4. The van der Waals surface area contributed by atoms with Gasteiger partial charge in [-0.05, 0) is 43.9 Å². The van der Waals surface area contributed by atoms with Crippen LogP contribution in [0.2, 0.25) is 4.34 Å². The predicted molar refractivity (Wildman–Crippen MR) is 121 cm³/mol. The monoisotopic (exact) mass is 478 g/mol. The normalized spacial score (nSPS) is 19.9. The molecule has 1 saturated heterocycles. The molecule has 0 atom stereocenters. The van der Waals surface area contributed by atoms with Crippen LogP contribution < -0.4 is 0 Å². The Kier molecular flexibility index (Phi) is 5.60. The molecule has 0 aliphatic carbocycles. The number of hydrogen-bond donors (Lipinski definition) is 0. The van der Waals surface area contributed by atoms with Crippen LogP contribution in [0.5, 0.6) is 0 Å². The Hall–Kier alpha value is -1.87.